The predicted octanol–water partition coefficient (Wildman–Crippen LogP) is 0.887. The lowest BCUT2D eigenvalue weighted by Crippen LogP contribution is -2.58. The van der Waals surface area contributed by atoms with Crippen molar-refractivity contribution < 1.29 is 32.6 Å². The molecule has 0 aromatic rings. The summed E-state index contributed by atoms with van der Waals surface area (Å²) in [4.78, 5) is 23.1. The van der Waals surface area contributed by atoms with E-state index >= 15 is 0 Å². The molecular formula is C11H14F3NO4. The van der Waals surface area contributed by atoms with Gasteiger partial charge < -0.3 is 14.7 Å². The lowest BCUT2D eigenvalue weighted by molar-refractivity contribution is -0.196. The van der Waals surface area contributed by atoms with E-state index in [4.69, 9.17) is 9.84 Å². The smallest absolute Gasteiger partial charge is 0.471 e. The summed E-state index contributed by atoms with van der Waals surface area (Å²) >= 11 is 0. The fraction of sp³-hybridized carbons (Fsp3) is 0.818. The van der Waals surface area contributed by atoms with Crippen LogP contribution in [0.25, 0.3) is 0 Å². The van der Waals surface area contributed by atoms with Crippen LogP contribution in [0.2, 0.25) is 0 Å². The average molecular weight is 281 g/mol. The van der Waals surface area contributed by atoms with E-state index < -0.39 is 30.0 Å². The molecule has 2 rings (SSSR count). The van der Waals surface area contributed by atoms with Gasteiger partial charge in [0.2, 0.25) is 0 Å². The molecule has 0 radical (unpaired) electrons. The van der Waals surface area contributed by atoms with Crippen LogP contribution in [0, 0.1) is 11.8 Å². The number of amides is 1. The van der Waals surface area contributed by atoms with Gasteiger partial charge >= 0.3 is 18.1 Å². The number of carboxylic acids is 1. The number of fused-ring (bicyclic) bond motifs is 1. The zero-order valence-electron chi connectivity index (χ0n) is 10.0. The van der Waals surface area contributed by atoms with Crippen molar-refractivity contribution in [2.24, 2.45) is 11.8 Å². The highest BCUT2D eigenvalue weighted by atomic mass is 19.4. The maximum atomic E-state index is 12.6. The van der Waals surface area contributed by atoms with Gasteiger partial charge in [0.1, 0.15) is 0 Å². The standard InChI is InChI=1S/C11H14F3NO4/c12-11(13,14)10(18)15-4-6(9(16)17)3-7-5-19-2-1-8(7)15/h6-8H,1-5H2,(H,16,17). The zero-order valence-corrected chi connectivity index (χ0v) is 10.0. The summed E-state index contributed by atoms with van der Waals surface area (Å²) in [5.41, 5.74) is 0. The Kier molecular flexibility index (Phi) is 3.71. The number of carbonyl (C=O) groups excluding carboxylic acids is 1. The molecule has 19 heavy (non-hydrogen) atoms. The van der Waals surface area contributed by atoms with Gasteiger partial charge in [-0.2, -0.15) is 13.2 Å². The van der Waals surface area contributed by atoms with Crippen molar-refractivity contribution in [1.82, 2.24) is 4.90 Å². The minimum atomic E-state index is -4.97. The van der Waals surface area contributed by atoms with Gasteiger partial charge in [-0.25, -0.2) is 0 Å². The van der Waals surface area contributed by atoms with E-state index in [9.17, 15) is 22.8 Å². The van der Waals surface area contributed by atoms with Crippen LogP contribution in [0.3, 0.4) is 0 Å². The van der Waals surface area contributed by atoms with Gasteiger partial charge in [-0.1, -0.05) is 0 Å². The highest BCUT2D eigenvalue weighted by molar-refractivity contribution is 5.83. The summed E-state index contributed by atoms with van der Waals surface area (Å²) in [5, 5.41) is 8.97. The molecule has 0 spiro atoms. The molecule has 2 heterocycles. The van der Waals surface area contributed by atoms with Crippen LogP contribution >= 0.6 is 0 Å². The van der Waals surface area contributed by atoms with E-state index in [1.165, 1.54) is 0 Å². The molecule has 108 valence electrons. The van der Waals surface area contributed by atoms with E-state index in [2.05, 4.69) is 0 Å². The Hall–Kier alpha value is -1.31. The predicted molar refractivity (Wildman–Crippen MR) is 56.2 cm³/mol. The summed E-state index contributed by atoms with van der Waals surface area (Å²) < 4.78 is 42.8. The number of carboxylic acid groups (broad SMARTS) is 1. The van der Waals surface area contributed by atoms with Crippen molar-refractivity contribution in [3.8, 4) is 0 Å². The van der Waals surface area contributed by atoms with Crippen LogP contribution in [0.15, 0.2) is 0 Å². The topological polar surface area (TPSA) is 66.8 Å². The minimum Gasteiger partial charge on any atom is -0.481 e. The fourth-order valence-corrected chi connectivity index (χ4v) is 2.81. The second-order valence-electron chi connectivity index (χ2n) is 4.92. The Morgan fingerprint density at radius 1 is 1.32 bits per heavy atom. The van der Waals surface area contributed by atoms with Crippen molar-refractivity contribution in [3.05, 3.63) is 0 Å². The third-order valence-corrected chi connectivity index (χ3v) is 3.69. The number of likely N-dealkylation sites (tertiary alicyclic amines) is 1. The Morgan fingerprint density at radius 3 is 2.58 bits per heavy atom. The van der Waals surface area contributed by atoms with Crippen LogP contribution in [-0.4, -0.2) is 53.9 Å². The van der Waals surface area contributed by atoms with E-state index in [0.29, 0.717) is 17.9 Å². The van der Waals surface area contributed by atoms with Crippen LogP contribution in [-0.2, 0) is 14.3 Å². The van der Waals surface area contributed by atoms with Gasteiger partial charge in [-0.3, -0.25) is 9.59 Å². The van der Waals surface area contributed by atoms with E-state index in [-0.39, 0.29) is 25.5 Å². The number of aliphatic carboxylic acids is 1. The molecule has 2 saturated heterocycles. The Morgan fingerprint density at radius 2 is 2.00 bits per heavy atom. The first-order valence-electron chi connectivity index (χ1n) is 5.99. The molecule has 3 atom stereocenters. The van der Waals surface area contributed by atoms with Gasteiger partial charge in [0.05, 0.1) is 12.5 Å². The molecule has 8 heteroatoms. The van der Waals surface area contributed by atoms with Crippen molar-refractivity contribution in [2.75, 3.05) is 19.8 Å². The summed E-state index contributed by atoms with van der Waals surface area (Å²) in [5.74, 6) is -4.43. The largest absolute Gasteiger partial charge is 0.481 e. The Balaban J connectivity index is 2.22. The van der Waals surface area contributed by atoms with E-state index in [1.807, 2.05) is 0 Å². The number of ether oxygens (including phenoxy) is 1. The molecular weight excluding hydrogens is 267 g/mol. The van der Waals surface area contributed by atoms with E-state index in [0.717, 1.165) is 0 Å². The number of carbonyl (C=O) groups is 2. The van der Waals surface area contributed by atoms with Gasteiger partial charge in [-0.15, -0.1) is 0 Å². The van der Waals surface area contributed by atoms with Crippen LogP contribution in [0.5, 0.6) is 0 Å². The molecule has 5 nitrogen and oxygen atoms in total. The van der Waals surface area contributed by atoms with Gasteiger partial charge in [0.25, 0.3) is 0 Å². The monoisotopic (exact) mass is 281 g/mol. The molecule has 3 unspecified atom stereocenters. The number of rotatable bonds is 1. The molecule has 2 fully saturated rings. The number of alkyl halides is 3. The number of hydrogen-bond donors (Lipinski definition) is 1. The SMILES string of the molecule is O=C(O)C1CC2COCCC2N(C(=O)C(F)(F)F)C1. The summed E-state index contributed by atoms with van der Waals surface area (Å²) in [6.45, 7) is 0.117. The third-order valence-electron chi connectivity index (χ3n) is 3.69. The molecule has 0 bridgehead atoms. The van der Waals surface area contributed by atoms with Gasteiger partial charge in [0, 0.05) is 25.1 Å². The first kappa shape index (κ1) is 14.1. The molecule has 0 aliphatic carbocycles. The van der Waals surface area contributed by atoms with Crippen molar-refractivity contribution in [1.29, 1.82) is 0 Å². The molecule has 0 aromatic carbocycles. The maximum Gasteiger partial charge on any atom is 0.471 e. The minimum absolute atomic E-state index is 0.204. The molecule has 1 amide bonds. The quantitative estimate of drug-likeness (QED) is 0.775. The first-order valence-corrected chi connectivity index (χ1v) is 5.99. The molecule has 2 aliphatic rings. The average Bonchev–Trinajstić information content (AvgIpc) is 2.35. The first-order chi connectivity index (χ1) is 8.80. The van der Waals surface area contributed by atoms with Crippen LogP contribution < -0.4 is 0 Å². The molecule has 0 aromatic heterocycles. The molecule has 2 aliphatic heterocycles. The van der Waals surface area contributed by atoms with Crippen molar-refractivity contribution in [3.63, 3.8) is 0 Å². The Bertz CT molecular complexity index is 385. The number of piperidine rings is 1. The van der Waals surface area contributed by atoms with Gasteiger partial charge in [-0.05, 0) is 12.8 Å². The maximum absolute atomic E-state index is 12.6. The molecule has 0 saturated carbocycles. The summed E-state index contributed by atoms with van der Waals surface area (Å²) in [7, 11) is 0. The van der Waals surface area contributed by atoms with Crippen LogP contribution in [0.4, 0.5) is 13.2 Å². The number of hydrogen-bond acceptors (Lipinski definition) is 3. The zero-order chi connectivity index (χ0) is 14.2. The number of halogens is 3. The molecule has 1 N–H and O–H groups in total. The van der Waals surface area contributed by atoms with Crippen LogP contribution in [0.1, 0.15) is 12.8 Å². The second-order valence-corrected chi connectivity index (χ2v) is 4.92. The third kappa shape index (κ3) is 2.83. The normalized spacial score (nSPS) is 31.7. The number of nitrogens with zero attached hydrogens (tertiary/aromatic N) is 1. The Labute approximate surface area is 107 Å². The lowest BCUT2D eigenvalue weighted by Gasteiger charge is -2.45. The highest BCUT2D eigenvalue weighted by Crippen LogP contribution is 2.35. The van der Waals surface area contributed by atoms with E-state index in [1.54, 1.807) is 0 Å². The van der Waals surface area contributed by atoms with Gasteiger partial charge in [0.15, 0.2) is 0 Å². The van der Waals surface area contributed by atoms with Crippen molar-refractivity contribution in [2.45, 2.75) is 25.1 Å². The second kappa shape index (κ2) is 4.99. The van der Waals surface area contributed by atoms with Crippen molar-refractivity contribution >= 4 is 11.9 Å². The highest BCUT2D eigenvalue weighted by Gasteiger charge is 2.50. The fourth-order valence-electron chi connectivity index (χ4n) is 2.81. The lowest BCUT2D eigenvalue weighted by atomic mass is 9.81. The summed E-state index contributed by atoms with van der Waals surface area (Å²) in [6.07, 6.45) is -4.40. The summed E-state index contributed by atoms with van der Waals surface area (Å²) in [6, 6.07) is -0.571.